The van der Waals surface area contributed by atoms with Crippen LogP contribution in [-0.2, 0) is 15.7 Å². The van der Waals surface area contributed by atoms with E-state index in [1.54, 1.807) is 49.4 Å². The van der Waals surface area contributed by atoms with E-state index in [0.29, 0.717) is 17.1 Å². The van der Waals surface area contributed by atoms with Crippen molar-refractivity contribution in [2.24, 2.45) is 0 Å². The predicted octanol–water partition coefficient (Wildman–Crippen LogP) is 6.00. The Hall–Kier alpha value is -3.81. The molecule has 0 heterocycles. The van der Waals surface area contributed by atoms with Crippen LogP contribution < -0.4 is 9.47 Å². The minimum Gasteiger partial charge on any atom is -0.479 e. The zero-order chi connectivity index (χ0) is 24.0. The lowest BCUT2D eigenvalue weighted by molar-refractivity contribution is -0.149. The maximum absolute atomic E-state index is 12.6. The number of carbonyl (C=O) groups is 2. The molecule has 0 spiro atoms. The first kappa shape index (κ1) is 23.8. The van der Waals surface area contributed by atoms with E-state index < -0.39 is 30.4 Å². The molecule has 33 heavy (non-hydrogen) atoms. The molecule has 0 amide bonds. The van der Waals surface area contributed by atoms with Crippen LogP contribution in [0.5, 0.6) is 17.2 Å². The molecule has 0 saturated carbocycles. The minimum atomic E-state index is -4.41. The van der Waals surface area contributed by atoms with E-state index in [9.17, 15) is 22.8 Å². The maximum atomic E-state index is 12.6. The summed E-state index contributed by atoms with van der Waals surface area (Å²) in [7, 11) is 0. The monoisotopic (exact) mass is 458 g/mol. The third-order valence-corrected chi connectivity index (χ3v) is 4.68. The number of alkyl halides is 3. The van der Waals surface area contributed by atoms with Crippen LogP contribution in [-0.4, -0.2) is 24.5 Å². The Labute approximate surface area is 188 Å². The first-order valence-corrected chi connectivity index (χ1v) is 10.0. The summed E-state index contributed by atoms with van der Waals surface area (Å²) in [4.78, 5) is 24.4. The van der Waals surface area contributed by atoms with Crippen molar-refractivity contribution in [3.8, 4) is 17.2 Å². The number of halogens is 3. The molecule has 3 aromatic rings. The molecule has 0 saturated heterocycles. The SMILES string of the molecule is Cc1ccccc1C(=O)COC(=O)C(C)Oc1ccc(Oc2ccc(C(F)(F)F)cc2)cc1. The summed E-state index contributed by atoms with van der Waals surface area (Å²) in [6.07, 6.45) is -5.38. The van der Waals surface area contributed by atoms with Gasteiger partial charge < -0.3 is 14.2 Å². The van der Waals surface area contributed by atoms with E-state index in [1.807, 2.05) is 6.07 Å². The van der Waals surface area contributed by atoms with Gasteiger partial charge in [-0.15, -0.1) is 0 Å². The number of hydrogen-bond acceptors (Lipinski definition) is 5. The lowest BCUT2D eigenvalue weighted by Gasteiger charge is -2.14. The third-order valence-electron chi connectivity index (χ3n) is 4.68. The second-order valence-electron chi connectivity index (χ2n) is 7.20. The van der Waals surface area contributed by atoms with Crippen LogP contribution in [0.1, 0.15) is 28.4 Å². The average Bonchev–Trinajstić information content (AvgIpc) is 2.78. The van der Waals surface area contributed by atoms with Crippen molar-refractivity contribution in [3.63, 3.8) is 0 Å². The molecule has 5 nitrogen and oxygen atoms in total. The van der Waals surface area contributed by atoms with Crippen LogP contribution in [0.25, 0.3) is 0 Å². The van der Waals surface area contributed by atoms with Crippen LogP contribution >= 0.6 is 0 Å². The van der Waals surface area contributed by atoms with Gasteiger partial charge in [-0.25, -0.2) is 4.79 Å². The largest absolute Gasteiger partial charge is 0.479 e. The number of carbonyl (C=O) groups excluding carboxylic acids is 2. The van der Waals surface area contributed by atoms with Gasteiger partial charge in [-0.3, -0.25) is 4.79 Å². The fourth-order valence-corrected chi connectivity index (χ4v) is 2.90. The van der Waals surface area contributed by atoms with E-state index >= 15 is 0 Å². The third kappa shape index (κ3) is 6.58. The Kier molecular flexibility index (Phi) is 7.37. The van der Waals surface area contributed by atoms with Crippen LogP contribution in [0.3, 0.4) is 0 Å². The molecule has 1 unspecified atom stereocenters. The Balaban J connectivity index is 1.51. The summed E-state index contributed by atoms with van der Waals surface area (Å²) in [5, 5.41) is 0. The van der Waals surface area contributed by atoms with Crippen LogP contribution in [0, 0.1) is 6.92 Å². The summed E-state index contributed by atoms with van der Waals surface area (Å²) in [6.45, 7) is 2.90. The van der Waals surface area contributed by atoms with E-state index in [0.717, 1.165) is 17.7 Å². The highest BCUT2D eigenvalue weighted by Gasteiger charge is 2.30. The molecule has 3 aromatic carbocycles. The number of Topliss-reactive ketones (excluding diaryl/α,β-unsaturated/α-hetero) is 1. The number of ether oxygens (including phenoxy) is 3. The van der Waals surface area contributed by atoms with E-state index in [2.05, 4.69) is 0 Å². The summed E-state index contributed by atoms with van der Waals surface area (Å²) >= 11 is 0. The summed E-state index contributed by atoms with van der Waals surface area (Å²) in [5.41, 5.74) is 0.518. The van der Waals surface area contributed by atoms with Crippen molar-refractivity contribution in [2.75, 3.05) is 6.61 Å². The highest BCUT2D eigenvalue weighted by atomic mass is 19.4. The summed E-state index contributed by atoms with van der Waals surface area (Å²) in [5.74, 6) is -0.0296. The zero-order valence-corrected chi connectivity index (χ0v) is 17.9. The van der Waals surface area contributed by atoms with Crippen LogP contribution in [0.2, 0.25) is 0 Å². The number of esters is 1. The Bertz CT molecular complexity index is 1110. The summed E-state index contributed by atoms with van der Waals surface area (Å²) in [6, 6.07) is 17.5. The molecule has 0 bridgehead atoms. The van der Waals surface area contributed by atoms with Gasteiger partial charge in [0.05, 0.1) is 5.56 Å². The number of rotatable bonds is 8. The van der Waals surface area contributed by atoms with E-state index in [4.69, 9.17) is 14.2 Å². The molecule has 0 aliphatic carbocycles. The van der Waals surface area contributed by atoms with E-state index in [1.165, 1.54) is 19.1 Å². The van der Waals surface area contributed by atoms with Gasteiger partial charge in [0.15, 0.2) is 12.7 Å². The second kappa shape index (κ2) is 10.2. The molecule has 0 radical (unpaired) electrons. The van der Waals surface area contributed by atoms with Crippen LogP contribution in [0.4, 0.5) is 13.2 Å². The highest BCUT2D eigenvalue weighted by molar-refractivity contribution is 5.99. The number of benzene rings is 3. The predicted molar refractivity (Wildman–Crippen MR) is 115 cm³/mol. The maximum Gasteiger partial charge on any atom is 0.416 e. The molecule has 0 aliphatic heterocycles. The molecular weight excluding hydrogens is 437 g/mol. The molecule has 1 atom stereocenters. The van der Waals surface area contributed by atoms with Gasteiger partial charge in [-0.1, -0.05) is 24.3 Å². The molecule has 3 rings (SSSR count). The Morgan fingerprint density at radius 2 is 1.39 bits per heavy atom. The first-order chi connectivity index (χ1) is 15.6. The standard InChI is InChI=1S/C25H21F3O5/c1-16-5-3-4-6-22(16)23(29)15-31-24(30)17(2)32-19-11-13-21(14-12-19)33-20-9-7-18(8-10-20)25(26,27)28/h3-14,17H,15H2,1-2H3. The van der Waals surface area contributed by atoms with Crippen molar-refractivity contribution in [2.45, 2.75) is 26.1 Å². The van der Waals surface area contributed by atoms with Gasteiger partial charge in [-0.2, -0.15) is 13.2 Å². The van der Waals surface area contributed by atoms with Crippen molar-refractivity contribution in [1.82, 2.24) is 0 Å². The van der Waals surface area contributed by atoms with E-state index in [-0.39, 0.29) is 11.5 Å². The van der Waals surface area contributed by atoms with Gasteiger partial charge in [-0.05, 0) is 67.9 Å². The number of aryl methyl sites for hydroxylation is 1. The van der Waals surface area contributed by atoms with Crippen molar-refractivity contribution in [3.05, 3.63) is 89.5 Å². The Morgan fingerprint density at radius 1 is 0.848 bits per heavy atom. The number of hydrogen-bond donors (Lipinski definition) is 0. The number of ketones is 1. The molecule has 172 valence electrons. The first-order valence-electron chi connectivity index (χ1n) is 10.0. The summed E-state index contributed by atoms with van der Waals surface area (Å²) < 4.78 is 54.0. The Morgan fingerprint density at radius 3 is 1.97 bits per heavy atom. The lowest BCUT2D eigenvalue weighted by atomic mass is 10.1. The molecular formula is C25H21F3O5. The van der Waals surface area contributed by atoms with Crippen molar-refractivity contribution < 1.29 is 37.0 Å². The van der Waals surface area contributed by atoms with Gasteiger partial charge >= 0.3 is 12.1 Å². The van der Waals surface area contributed by atoms with Gasteiger partial charge in [0.1, 0.15) is 17.2 Å². The normalized spacial score (nSPS) is 12.0. The topological polar surface area (TPSA) is 61.8 Å². The smallest absolute Gasteiger partial charge is 0.416 e. The van der Waals surface area contributed by atoms with Gasteiger partial charge in [0.2, 0.25) is 5.78 Å². The average molecular weight is 458 g/mol. The minimum absolute atomic E-state index is 0.243. The van der Waals surface area contributed by atoms with Crippen LogP contribution in [0.15, 0.2) is 72.8 Å². The second-order valence-corrected chi connectivity index (χ2v) is 7.20. The molecule has 0 N–H and O–H groups in total. The zero-order valence-electron chi connectivity index (χ0n) is 17.9. The quantitative estimate of drug-likeness (QED) is 0.306. The van der Waals surface area contributed by atoms with Gasteiger partial charge in [0.25, 0.3) is 0 Å². The molecule has 0 fully saturated rings. The van der Waals surface area contributed by atoms with Gasteiger partial charge in [0, 0.05) is 5.56 Å². The lowest BCUT2D eigenvalue weighted by Crippen LogP contribution is -2.28. The molecule has 0 aliphatic rings. The fraction of sp³-hybridized carbons (Fsp3) is 0.200. The highest BCUT2D eigenvalue weighted by Crippen LogP contribution is 2.31. The molecule has 8 heteroatoms. The van der Waals surface area contributed by atoms with Crippen molar-refractivity contribution >= 4 is 11.8 Å². The van der Waals surface area contributed by atoms with Crippen molar-refractivity contribution in [1.29, 1.82) is 0 Å². The fourth-order valence-electron chi connectivity index (χ4n) is 2.90. The molecule has 0 aromatic heterocycles.